The lowest BCUT2D eigenvalue weighted by Crippen LogP contribution is -2.36. The molecule has 3 heterocycles. The molecule has 0 aliphatic carbocycles. The summed E-state index contributed by atoms with van der Waals surface area (Å²) in [6.45, 7) is 1.96. The Kier molecular flexibility index (Phi) is 3.32. The number of hydrogen-bond donors (Lipinski definition) is 0. The number of benzene rings is 1. The molecule has 120 valence electrons. The van der Waals surface area contributed by atoms with Crippen molar-refractivity contribution in [3.05, 3.63) is 35.3 Å². The zero-order valence-electron chi connectivity index (χ0n) is 12.6. The van der Waals surface area contributed by atoms with Crippen LogP contribution in [0.4, 0.5) is 5.69 Å². The quantitative estimate of drug-likeness (QED) is 0.835. The maximum Gasteiger partial charge on any atom is 0.227 e. The summed E-state index contributed by atoms with van der Waals surface area (Å²) in [6, 6.07) is 7.45. The molecule has 0 radical (unpaired) electrons. The molecular weight excluding hydrogens is 332 g/mol. The number of sulfone groups is 1. The number of hydrogen-bond acceptors (Lipinski definition) is 5. The second-order valence-corrected chi connectivity index (χ2v) is 9.23. The number of anilines is 1. The number of aromatic nitrogens is 1. The van der Waals surface area contributed by atoms with Gasteiger partial charge in [-0.25, -0.2) is 13.4 Å². The van der Waals surface area contributed by atoms with E-state index in [-0.39, 0.29) is 29.4 Å². The summed E-state index contributed by atoms with van der Waals surface area (Å²) in [5.41, 5.74) is 2.77. The van der Waals surface area contributed by atoms with Gasteiger partial charge in [0.2, 0.25) is 5.91 Å². The molecule has 2 atom stereocenters. The average molecular weight is 348 g/mol. The van der Waals surface area contributed by atoms with Crippen molar-refractivity contribution in [1.82, 2.24) is 4.98 Å². The first-order chi connectivity index (χ1) is 10.9. The van der Waals surface area contributed by atoms with Gasteiger partial charge in [-0.05, 0) is 31.2 Å². The minimum Gasteiger partial charge on any atom is -0.308 e. The van der Waals surface area contributed by atoms with E-state index in [1.165, 1.54) is 0 Å². The molecule has 0 saturated carbocycles. The summed E-state index contributed by atoms with van der Waals surface area (Å²) in [4.78, 5) is 18.4. The molecular formula is C16H16N2O3S2. The van der Waals surface area contributed by atoms with Crippen molar-refractivity contribution in [2.45, 2.75) is 19.4 Å². The molecule has 2 aromatic rings. The minimum absolute atomic E-state index is 0.0211. The highest BCUT2D eigenvalue weighted by Gasteiger charge is 2.49. The van der Waals surface area contributed by atoms with Crippen molar-refractivity contribution in [2.24, 2.45) is 5.92 Å². The van der Waals surface area contributed by atoms with Crippen molar-refractivity contribution in [2.75, 3.05) is 16.4 Å². The number of rotatable bonds is 2. The number of aryl methyl sites for hydroxylation is 1. The molecule has 1 aromatic heterocycles. The molecule has 0 N–H and O–H groups in total. The lowest BCUT2D eigenvalue weighted by Gasteiger charge is -2.23. The van der Waals surface area contributed by atoms with E-state index < -0.39 is 9.84 Å². The average Bonchev–Trinajstić information content (AvgIpc) is 3.11. The first kappa shape index (κ1) is 14.8. The van der Waals surface area contributed by atoms with Gasteiger partial charge in [-0.15, -0.1) is 11.3 Å². The van der Waals surface area contributed by atoms with Crippen LogP contribution in [0.15, 0.2) is 29.6 Å². The van der Waals surface area contributed by atoms with Crippen LogP contribution in [0.25, 0.3) is 10.6 Å². The largest absolute Gasteiger partial charge is 0.308 e. The topological polar surface area (TPSA) is 67.3 Å². The zero-order chi connectivity index (χ0) is 16.2. The van der Waals surface area contributed by atoms with E-state index >= 15 is 0 Å². The normalized spacial score (nSPS) is 25.8. The van der Waals surface area contributed by atoms with Gasteiger partial charge >= 0.3 is 0 Å². The molecule has 0 spiro atoms. The van der Waals surface area contributed by atoms with E-state index in [0.29, 0.717) is 6.42 Å². The van der Waals surface area contributed by atoms with E-state index in [9.17, 15) is 13.2 Å². The molecule has 2 unspecified atom stereocenters. The van der Waals surface area contributed by atoms with Crippen LogP contribution < -0.4 is 4.90 Å². The second kappa shape index (κ2) is 5.14. The molecule has 1 amide bonds. The van der Waals surface area contributed by atoms with Crippen LogP contribution in [0.5, 0.6) is 0 Å². The zero-order valence-corrected chi connectivity index (χ0v) is 14.2. The molecule has 23 heavy (non-hydrogen) atoms. The molecule has 5 nitrogen and oxygen atoms in total. The maximum absolute atomic E-state index is 12.3. The molecule has 2 aliphatic rings. The molecule has 4 rings (SSSR count). The Morgan fingerprint density at radius 1 is 1.22 bits per heavy atom. The van der Waals surface area contributed by atoms with Gasteiger partial charge in [0, 0.05) is 34.7 Å². The van der Waals surface area contributed by atoms with Gasteiger partial charge in [0.25, 0.3) is 0 Å². The summed E-state index contributed by atoms with van der Waals surface area (Å²) in [6.07, 6.45) is 0.331. The van der Waals surface area contributed by atoms with Crippen molar-refractivity contribution in [3.63, 3.8) is 0 Å². The van der Waals surface area contributed by atoms with Crippen molar-refractivity contribution < 1.29 is 13.2 Å². The Morgan fingerprint density at radius 2 is 1.96 bits per heavy atom. The highest BCUT2D eigenvalue weighted by molar-refractivity contribution is 7.91. The third-order valence-electron chi connectivity index (χ3n) is 4.49. The Morgan fingerprint density at radius 3 is 2.61 bits per heavy atom. The lowest BCUT2D eigenvalue weighted by atomic mass is 10.0. The monoisotopic (exact) mass is 348 g/mol. The predicted molar refractivity (Wildman–Crippen MR) is 90.3 cm³/mol. The van der Waals surface area contributed by atoms with E-state index in [1.807, 2.05) is 36.6 Å². The fraction of sp³-hybridized carbons (Fsp3) is 0.375. The fourth-order valence-corrected chi connectivity index (χ4v) is 6.35. The van der Waals surface area contributed by atoms with E-state index in [4.69, 9.17) is 0 Å². The van der Waals surface area contributed by atoms with Crippen LogP contribution in [0.3, 0.4) is 0 Å². The Bertz CT molecular complexity index is 871. The third kappa shape index (κ3) is 2.57. The standard InChI is InChI=1S/C16H16N2O3S2/c1-10-7-22-16(17-10)11-2-4-13(5-3-11)18-14-9-23(20,21)8-12(14)6-15(18)19/h2-5,7,12,14H,6,8-9H2,1H3. The van der Waals surface area contributed by atoms with Gasteiger partial charge in [-0.3, -0.25) is 4.79 Å². The van der Waals surface area contributed by atoms with Gasteiger partial charge < -0.3 is 4.90 Å². The number of carbonyl (C=O) groups is 1. The van der Waals surface area contributed by atoms with E-state index in [0.717, 1.165) is 22.0 Å². The number of amides is 1. The molecule has 0 bridgehead atoms. The van der Waals surface area contributed by atoms with Gasteiger partial charge in [0.15, 0.2) is 9.84 Å². The summed E-state index contributed by atoms with van der Waals surface area (Å²) in [7, 11) is -3.02. The third-order valence-corrected chi connectivity index (χ3v) is 7.28. The molecule has 2 saturated heterocycles. The Labute approximate surface area is 138 Å². The van der Waals surface area contributed by atoms with E-state index in [2.05, 4.69) is 4.98 Å². The second-order valence-electron chi connectivity index (χ2n) is 6.21. The van der Waals surface area contributed by atoms with Crippen LogP contribution in [0.1, 0.15) is 12.1 Å². The SMILES string of the molecule is Cc1csc(-c2ccc(N3C(=O)CC4CS(=O)(=O)CC43)cc2)n1. The first-order valence-electron chi connectivity index (χ1n) is 7.48. The summed E-state index contributed by atoms with van der Waals surface area (Å²) in [5.74, 6) is 0.175. The number of carbonyl (C=O) groups excluding carboxylic acids is 1. The molecule has 1 aromatic carbocycles. The minimum atomic E-state index is -3.02. The van der Waals surface area contributed by atoms with E-state index in [1.54, 1.807) is 16.2 Å². The number of nitrogens with zero attached hydrogens (tertiary/aromatic N) is 2. The fourth-order valence-electron chi connectivity index (χ4n) is 3.48. The van der Waals surface area contributed by atoms with Gasteiger partial charge in [0.1, 0.15) is 5.01 Å². The molecule has 2 fully saturated rings. The van der Waals surface area contributed by atoms with Crippen molar-refractivity contribution in [1.29, 1.82) is 0 Å². The van der Waals surface area contributed by atoms with Crippen LogP contribution in [-0.4, -0.2) is 36.9 Å². The van der Waals surface area contributed by atoms with Crippen molar-refractivity contribution >= 4 is 32.8 Å². The summed E-state index contributed by atoms with van der Waals surface area (Å²) in [5, 5.41) is 2.95. The molecule has 2 aliphatic heterocycles. The maximum atomic E-state index is 12.3. The van der Waals surface area contributed by atoms with Gasteiger partial charge in [0.05, 0.1) is 17.5 Å². The lowest BCUT2D eigenvalue weighted by molar-refractivity contribution is -0.117. The Hall–Kier alpha value is -1.73. The summed E-state index contributed by atoms with van der Waals surface area (Å²) < 4.78 is 23.6. The molecule has 7 heteroatoms. The summed E-state index contributed by atoms with van der Waals surface area (Å²) >= 11 is 1.59. The number of thiazole rings is 1. The van der Waals surface area contributed by atoms with Crippen LogP contribution >= 0.6 is 11.3 Å². The highest BCUT2D eigenvalue weighted by atomic mass is 32.2. The first-order valence-corrected chi connectivity index (χ1v) is 10.2. The number of fused-ring (bicyclic) bond motifs is 1. The Balaban J connectivity index is 1.64. The van der Waals surface area contributed by atoms with Crippen molar-refractivity contribution in [3.8, 4) is 10.6 Å². The smallest absolute Gasteiger partial charge is 0.227 e. The van der Waals surface area contributed by atoms with Crippen LogP contribution in [-0.2, 0) is 14.6 Å². The van der Waals surface area contributed by atoms with Crippen LogP contribution in [0, 0.1) is 12.8 Å². The predicted octanol–water partition coefficient (Wildman–Crippen LogP) is 2.27. The van der Waals surface area contributed by atoms with Gasteiger partial charge in [-0.1, -0.05) is 0 Å². The highest BCUT2D eigenvalue weighted by Crippen LogP contribution is 2.37. The van der Waals surface area contributed by atoms with Crippen LogP contribution in [0.2, 0.25) is 0 Å². The van der Waals surface area contributed by atoms with Gasteiger partial charge in [-0.2, -0.15) is 0 Å².